The van der Waals surface area contributed by atoms with E-state index in [1.807, 2.05) is 30.5 Å². The first-order valence-corrected chi connectivity index (χ1v) is 11.6. The third kappa shape index (κ3) is 6.16. The summed E-state index contributed by atoms with van der Waals surface area (Å²) >= 11 is 0. The number of fused-ring (bicyclic) bond motifs is 1. The lowest BCUT2D eigenvalue weighted by Gasteiger charge is -2.20. The molecule has 3 aromatic rings. The lowest BCUT2D eigenvalue weighted by Crippen LogP contribution is -2.16. The lowest BCUT2D eigenvalue weighted by atomic mass is 9.97. The summed E-state index contributed by atoms with van der Waals surface area (Å²) in [6.07, 6.45) is 10.1. The minimum absolute atomic E-state index is 0.219. The number of pyridine rings is 2. The fourth-order valence-corrected chi connectivity index (χ4v) is 3.87. The minimum atomic E-state index is -0.219. The number of nitrogens with one attached hydrogen (secondary N) is 2. The van der Waals surface area contributed by atoms with E-state index in [0.29, 0.717) is 23.5 Å². The Balaban J connectivity index is 1.46. The normalized spacial score (nSPS) is 15.8. The number of aromatic nitrogens is 4. The molecule has 1 saturated heterocycles. The van der Waals surface area contributed by atoms with Crippen molar-refractivity contribution in [1.29, 1.82) is 5.41 Å². The molecule has 1 aliphatic heterocycles. The molecule has 0 radical (unpaired) electrons. The Morgan fingerprint density at radius 1 is 1.12 bits per heavy atom. The quantitative estimate of drug-likeness (QED) is 0.453. The van der Waals surface area contributed by atoms with Crippen LogP contribution in [0.1, 0.15) is 56.1 Å². The molecule has 4 rings (SSSR count). The smallest absolute Gasteiger partial charge is 0.154 e. The van der Waals surface area contributed by atoms with Gasteiger partial charge >= 0.3 is 0 Å². The highest BCUT2D eigenvalue weighted by Crippen LogP contribution is 2.22. The molecule has 0 bridgehead atoms. The lowest BCUT2D eigenvalue weighted by molar-refractivity contribution is 0.0647. The number of ether oxygens (including phenoxy) is 1. The first-order chi connectivity index (χ1) is 16.1. The number of aliphatic imine (C=N–C) groups is 1. The number of nitrogens with zero attached hydrogens (tertiary/aromatic N) is 5. The second-order valence-corrected chi connectivity index (χ2v) is 8.75. The molecule has 1 fully saturated rings. The van der Waals surface area contributed by atoms with Gasteiger partial charge in [-0.25, -0.2) is 4.98 Å². The van der Waals surface area contributed by atoms with Gasteiger partial charge in [0.05, 0.1) is 23.1 Å². The van der Waals surface area contributed by atoms with Crippen LogP contribution in [0.3, 0.4) is 0 Å². The summed E-state index contributed by atoms with van der Waals surface area (Å²) in [7, 11) is 0. The monoisotopic (exact) mass is 445 g/mol. The summed E-state index contributed by atoms with van der Waals surface area (Å²) in [6, 6.07) is 7.77. The fraction of sp³-hybridized carbons (Fsp3) is 0.440. The summed E-state index contributed by atoms with van der Waals surface area (Å²) < 4.78 is 5.42. The maximum atomic E-state index is 7.87. The van der Waals surface area contributed by atoms with Gasteiger partial charge < -0.3 is 15.5 Å². The molecule has 2 N–H and O–H groups in total. The predicted octanol–water partition coefficient (Wildman–Crippen LogP) is 4.91. The zero-order valence-corrected chi connectivity index (χ0v) is 19.2. The topological polar surface area (TPSA) is 109 Å². The molecule has 8 heteroatoms. The molecule has 172 valence electrons. The van der Waals surface area contributed by atoms with Crippen LogP contribution in [0.25, 0.3) is 11.0 Å². The molecule has 1 atom stereocenters. The Morgan fingerprint density at radius 3 is 2.76 bits per heavy atom. The van der Waals surface area contributed by atoms with Crippen molar-refractivity contribution < 1.29 is 4.74 Å². The fourth-order valence-electron chi connectivity index (χ4n) is 3.87. The SMILES string of the molecule is CC(C)c1cnnc(Nc2ccc3ncc(C(C=N)C=NCCC4CCOCC4)cc3n2)c1. The number of rotatable bonds is 9. The van der Waals surface area contributed by atoms with E-state index in [0.717, 1.165) is 61.2 Å². The van der Waals surface area contributed by atoms with Crippen molar-refractivity contribution in [3.8, 4) is 0 Å². The van der Waals surface area contributed by atoms with Gasteiger partial charge in [-0.3, -0.25) is 9.98 Å². The molecular formula is C25H31N7O. The van der Waals surface area contributed by atoms with Gasteiger partial charge in [0.25, 0.3) is 0 Å². The van der Waals surface area contributed by atoms with Crippen LogP contribution in [0.5, 0.6) is 0 Å². The molecule has 0 aromatic carbocycles. The molecule has 1 unspecified atom stereocenters. The van der Waals surface area contributed by atoms with Gasteiger partial charge in [-0.2, -0.15) is 5.10 Å². The van der Waals surface area contributed by atoms with Crippen molar-refractivity contribution in [3.63, 3.8) is 0 Å². The van der Waals surface area contributed by atoms with Crippen molar-refractivity contribution in [2.45, 2.75) is 44.9 Å². The Morgan fingerprint density at radius 2 is 1.97 bits per heavy atom. The van der Waals surface area contributed by atoms with Gasteiger partial charge in [0, 0.05) is 38.4 Å². The Labute approximate surface area is 194 Å². The predicted molar refractivity (Wildman–Crippen MR) is 132 cm³/mol. The first-order valence-electron chi connectivity index (χ1n) is 11.6. The van der Waals surface area contributed by atoms with Gasteiger partial charge in [-0.1, -0.05) is 13.8 Å². The molecule has 3 aromatic heterocycles. The van der Waals surface area contributed by atoms with Gasteiger partial charge in [0.15, 0.2) is 5.82 Å². The molecule has 0 spiro atoms. The maximum absolute atomic E-state index is 7.87. The van der Waals surface area contributed by atoms with E-state index >= 15 is 0 Å². The highest BCUT2D eigenvalue weighted by Gasteiger charge is 2.13. The van der Waals surface area contributed by atoms with Crippen molar-refractivity contribution in [2.24, 2.45) is 10.9 Å². The van der Waals surface area contributed by atoms with Crippen LogP contribution >= 0.6 is 0 Å². The third-order valence-corrected chi connectivity index (χ3v) is 5.99. The van der Waals surface area contributed by atoms with Gasteiger partial charge in [0.2, 0.25) is 0 Å². The van der Waals surface area contributed by atoms with Crippen LogP contribution < -0.4 is 5.32 Å². The molecule has 0 amide bonds. The van der Waals surface area contributed by atoms with E-state index in [2.05, 4.69) is 39.3 Å². The van der Waals surface area contributed by atoms with E-state index in [4.69, 9.17) is 15.1 Å². The van der Waals surface area contributed by atoms with E-state index in [-0.39, 0.29) is 5.92 Å². The largest absolute Gasteiger partial charge is 0.381 e. The average molecular weight is 446 g/mol. The van der Waals surface area contributed by atoms with Gasteiger partial charge in [0.1, 0.15) is 5.82 Å². The summed E-state index contributed by atoms with van der Waals surface area (Å²) in [5.41, 5.74) is 3.57. The van der Waals surface area contributed by atoms with Crippen LogP contribution in [0.15, 0.2) is 41.7 Å². The number of hydrogen-bond donors (Lipinski definition) is 2. The Bertz CT molecular complexity index is 1110. The zero-order valence-electron chi connectivity index (χ0n) is 19.2. The molecule has 1 aliphatic rings. The molecular weight excluding hydrogens is 414 g/mol. The van der Waals surface area contributed by atoms with Crippen molar-refractivity contribution in [2.75, 3.05) is 25.1 Å². The summed E-state index contributed by atoms with van der Waals surface area (Å²) in [5, 5.41) is 19.3. The van der Waals surface area contributed by atoms with Crippen LogP contribution in [-0.2, 0) is 4.74 Å². The van der Waals surface area contributed by atoms with E-state index in [1.54, 1.807) is 12.4 Å². The Hall–Kier alpha value is -3.26. The first kappa shape index (κ1) is 22.9. The maximum Gasteiger partial charge on any atom is 0.154 e. The number of hydrogen-bond acceptors (Lipinski definition) is 8. The van der Waals surface area contributed by atoms with Crippen LogP contribution in [0, 0.1) is 11.3 Å². The second-order valence-electron chi connectivity index (χ2n) is 8.75. The van der Waals surface area contributed by atoms with Crippen molar-refractivity contribution in [1.82, 2.24) is 20.2 Å². The van der Waals surface area contributed by atoms with E-state index in [9.17, 15) is 0 Å². The standard InChI is InChI=1S/C25H31N7O/c1-17(2)19-12-25(32-29-16-19)31-24-4-3-22-23(30-24)11-20(15-28-22)21(13-26)14-27-8-5-18-6-9-33-10-7-18/h3-4,11-18,21,26H,5-10H2,1-2H3,(H,30,31,32). The van der Waals surface area contributed by atoms with Crippen molar-refractivity contribution in [3.05, 3.63) is 47.8 Å². The molecule has 8 nitrogen and oxygen atoms in total. The molecule has 0 saturated carbocycles. The van der Waals surface area contributed by atoms with E-state index < -0.39 is 0 Å². The third-order valence-electron chi connectivity index (χ3n) is 5.99. The van der Waals surface area contributed by atoms with Crippen LogP contribution in [-0.4, -0.2) is 52.4 Å². The molecule has 4 heterocycles. The van der Waals surface area contributed by atoms with E-state index in [1.165, 1.54) is 6.21 Å². The van der Waals surface area contributed by atoms with Gasteiger partial charge in [-0.15, -0.1) is 5.10 Å². The summed E-state index contributed by atoms with van der Waals surface area (Å²) in [5.74, 6) is 2.18. The Kier molecular flexibility index (Phi) is 7.67. The summed E-state index contributed by atoms with van der Waals surface area (Å²) in [6.45, 7) is 6.74. The average Bonchev–Trinajstić information content (AvgIpc) is 2.84. The highest BCUT2D eigenvalue weighted by molar-refractivity contribution is 5.90. The minimum Gasteiger partial charge on any atom is -0.381 e. The second kappa shape index (κ2) is 11.0. The van der Waals surface area contributed by atoms with Crippen molar-refractivity contribution >= 4 is 35.1 Å². The number of anilines is 2. The molecule has 33 heavy (non-hydrogen) atoms. The van der Waals surface area contributed by atoms with Crippen LogP contribution in [0.4, 0.5) is 11.6 Å². The summed E-state index contributed by atoms with van der Waals surface area (Å²) in [4.78, 5) is 13.8. The highest BCUT2D eigenvalue weighted by atomic mass is 16.5. The van der Waals surface area contributed by atoms with Crippen LogP contribution in [0.2, 0.25) is 0 Å². The zero-order chi connectivity index (χ0) is 23.0. The van der Waals surface area contributed by atoms with Gasteiger partial charge in [-0.05, 0) is 66.5 Å². The molecule has 0 aliphatic carbocycles.